The molecule has 4 rings (SSSR count). The molecule has 2 heterocycles. The summed E-state index contributed by atoms with van der Waals surface area (Å²) in [6.07, 6.45) is -0.406. The molecule has 2 aliphatic carbocycles. The van der Waals surface area contributed by atoms with Gasteiger partial charge in [0.2, 0.25) is 11.8 Å². The molecule has 0 aromatic carbocycles. The molecule has 2 amide bonds. The van der Waals surface area contributed by atoms with Crippen molar-refractivity contribution < 1.29 is 27.2 Å². The number of piperazine rings is 1. The molecule has 0 aromatic rings. The molecule has 4 fully saturated rings. The van der Waals surface area contributed by atoms with E-state index in [2.05, 4.69) is 17.6 Å². The third-order valence-electron chi connectivity index (χ3n) is 8.58. The van der Waals surface area contributed by atoms with E-state index in [4.69, 9.17) is 0 Å². The number of hydrogen-bond donors (Lipinski definition) is 2. The summed E-state index contributed by atoms with van der Waals surface area (Å²) in [5.41, 5.74) is 0. The summed E-state index contributed by atoms with van der Waals surface area (Å²) in [4.78, 5) is 27.9. The van der Waals surface area contributed by atoms with Crippen molar-refractivity contribution in [3.63, 3.8) is 0 Å². The fourth-order valence-corrected chi connectivity index (χ4v) is 6.65. The van der Waals surface area contributed by atoms with Crippen LogP contribution >= 0.6 is 0 Å². The average Bonchev–Trinajstić information content (AvgIpc) is 3.27. The van der Waals surface area contributed by atoms with Crippen molar-refractivity contribution in [2.75, 3.05) is 19.6 Å². The molecular weight excluding hydrogens is 452 g/mol. The first-order valence-electron chi connectivity index (χ1n) is 12.9. The lowest BCUT2D eigenvalue weighted by Gasteiger charge is -2.46. The molecule has 0 spiro atoms. The van der Waals surface area contributed by atoms with Gasteiger partial charge in [-0.1, -0.05) is 13.8 Å². The smallest absolute Gasteiger partial charge is 0.352 e. The van der Waals surface area contributed by atoms with E-state index in [9.17, 15) is 27.2 Å². The molecule has 4 aliphatic rings. The zero-order valence-corrected chi connectivity index (χ0v) is 20.1. The first-order chi connectivity index (χ1) is 16.1. The van der Waals surface area contributed by atoms with Crippen LogP contribution in [-0.2, 0) is 9.59 Å². The van der Waals surface area contributed by atoms with Crippen LogP contribution in [0.15, 0.2) is 0 Å². The Bertz CT molecular complexity index is 733. The van der Waals surface area contributed by atoms with Crippen molar-refractivity contribution >= 4 is 11.8 Å². The highest BCUT2D eigenvalue weighted by Gasteiger charge is 2.49. The highest BCUT2D eigenvalue weighted by molar-refractivity contribution is 5.82. The Balaban J connectivity index is 1.34. The van der Waals surface area contributed by atoms with Gasteiger partial charge < -0.3 is 15.5 Å². The molecule has 10 heteroatoms. The van der Waals surface area contributed by atoms with E-state index in [1.54, 1.807) is 6.92 Å². The summed E-state index contributed by atoms with van der Waals surface area (Å²) in [5.74, 6) is -0.370. The van der Waals surface area contributed by atoms with Crippen LogP contribution < -0.4 is 10.6 Å². The van der Waals surface area contributed by atoms with E-state index in [-0.39, 0.29) is 49.5 Å². The number of carbonyl (C=O) groups excluding carboxylic acids is 2. The van der Waals surface area contributed by atoms with Gasteiger partial charge in [0.1, 0.15) is 12.2 Å². The Labute approximate surface area is 199 Å². The van der Waals surface area contributed by atoms with Crippen molar-refractivity contribution in [1.29, 1.82) is 0 Å². The zero-order chi connectivity index (χ0) is 24.6. The van der Waals surface area contributed by atoms with Crippen molar-refractivity contribution in [3.8, 4) is 0 Å². The van der Waals surface area contributed by atoms with Crippen LogP contribution in [0.4, 0.5) is 17.6 Å². The maximum absolute atomic E-state index is 14.4. The SMILES string of the molecule is CCC(=O)N1CCN([C@@H]2CCC[C@@H](NC(=O)C3CC4C(F)CCC(C)C4N3)C2)C[C@@H]1C(F)(F)F. The third kappa shape index (κ3) is 5.37. The van der Waals surface area contributed by atoms with Gasteiger partial charge in [0.05, 0.1) is 6.04 Å². The van der Waals surface area contributed by atoms with Gasteiger partial charge in [0.25, 0.3) is 0 Å². The molecule has 34 heavy (non-hydrogen) atoms. The fraction of sp³-hybridized carbons (Fsp3) is 0.917. The Kier molecular flexibility index (Phi) is 7.77. The van der Waals surface area contributed by atoms with Gasteiger partial charge in [-0.15, -0.1) is 0 Å². The Morgan fingerprint density at radius 3 is 2.53 bits per heavy atom. The van der Waals surface area contributed by atoms with E-state index in [1.165, 1.54) is 0 Å². The molecule has 2 aliphatic heterocycles. The summed E-state index contributed by atoms with van der Waals surface area (Å²) in [6.45, 7) is 3.95. The number of alkyl halides is 4. The van der Waals surface area contributed by atoms with Crippen LogP contribution in [-0.4, -0.2) is 83.8 Å². The van der Waals surface area contributed by atoms with Crippen molar-refractivity contribution in [2.24, 2.45) is 11.8 Å². The summed E-state index contributed by atoms with van der Waals surface area (Å²) < 4.78 is 55.6. The Morgan fingerprint density at radius 2 is 1.85 bits per heavy atom. The Morgan fingerprint density at radius 1 is 1.09 bits per heavy atom. The van der Waals surface area contributed by atoms with E-state index < -0.39 is 30.3 Å². The summed E-state index contributed by atoms with van der Waals surface area (Å²) in [7, 11) is 0. The van der Waals surface area contributed by atoms with Crippen LogP contribution in [0.1, 0.15) is 65.2 Å². The van der Waals surface area contributed by atoms with Gasteiger partial charge in [0, 0.05) is 50.1 Å². The van der Waals surface area contributed by atoms with Gasteiger partial charge in [-0.25, -0.2) is 4.39 Å². The molecule has 0 aromatic heterocycles. The van der Waals surface area contributed by atoms with Crippen molar-refractivity contribution in [1.82, 2.24) is 20.4 Å². The average molecular weight is 491 g/mol. The van der Waals surface area contributed by atoms with Crippen LogP contribution in [0.25, 0.3) is 0 Å². The van der Waals surface area contributed by atoms with Crippen LogP contribution in [0.5, 0.6) is 0 Å². The van der Waals surface area contributed by atoms with Gasteiger partial charge in [-0.05, 0) is 50.9 Å². The van der Waals surface area contributed by atoms with Gasteiger partial charge in [0.15, 0.2) is 0 Å². The first-order valence-corrected chi connectivity index (χ1v) is 12.9. The number of nitrogens with one attached hydrogen (secondary N) is 2. The fourth-order valence-electron chi connectivity index (χ4n) is 6.65. The third-order valence-corrected chi connectivity index (χ3v) is 8.58. The van der Waals surface area contributed by atoms with Crippen LogP contribution in [0.3, 0.4) is 0 Å². The number of halogens is 4. The number of carbonyl (C=O) groups is 2. The normalized spacial score (nSPS) is 39.5. The number of fused-ring (bicyclic) bond motifs is 1. The lowest BCUT2D eigenvalue weighted by molar-refractivity contribution is -0.203. The lowest BCUT2D eigenvalue weighted by atomic mass is 9.77. The van der Waals surface area contributed by atoms with Crippen molar-refractivity contribution in [3.05, 3.63) is 0 Å². The Hall–Kier alpha value is -1.42. The van der Waals surface area contributed by atoms with Gasteiger partial charge in [-0.3, -0.25) is 14.5 Å². The van der Waals surface area contributed by atoms with Crippen LogP contribution in [0.2, 0.25) is 0 Å². The minimum absolute atomic E-state index is 0.0278. The second kappa shape index (κ2) is 10.3. The van der Waals surface area contributed by atoms with Gasteiger partial charge >= 0.3 is 6.18 Å². The number of amides is 2. The second-order valence-electron chi connectivity index (χ2n) is 10.7. The summed E-state index contributed by atoms with van der Waals surface area (Å²) >= 11 is 0. The second-order valence-corrected chi connectivity index (χ2v) is 10.7. The molecule has 2 saturated carbocycles. The van der Waals surface area contributed by atoms with E-state index in [0.29, 0.717) is 31.7 Å². The molecule has 2 saturated heterocycles. The molecule has 0 bridgehead atoms. The molecular formula is C24H38F4N4O2. The highest BCUT2D eigenvalue weighted by atomic mass is 19.4. The topological polar surface area (TPSA) is 64.7 Å². The maximum Gasteiger partial charge on any atom is 0.410 e. The standard InChI is InChI=1S/C24H38F4N4O2/c1-3-21(33)32-10-9-31(13-20(32)24(26,27)28)16-6-4-5-15(11-16)29-23(34)19-12-17-18(25)8-7-14(2)22(17)30-19/h14-20,22,30H,3-13H2,1-2H3,(H,29,34)/t14?,15-,16-,17?,18?,19?,20-,22?/m1/s1. The number of nitrogens with zero attached hydrogens (tertiary/aromatic N) is 2. The minimum Gasteiger partial charge on any atom is -0.352 e. The molecule has 194 valence electrons. The van der Waals surface area contributed by atoms with E-state index in [0.717, 1.165) is 30.6 Å². The number of rotatable bonds is 4. The molecule has 0 radical (unpaired) electrons. The number of hydrogen-bond acceptors (Lipinski definition) is 4. The summed E-state index contributed by atoms with van der Waals surface area (Å²) in [6, 6.07) is -2.33. The predicted molar refractivity (Wildman–Crippen MR) is 120 cm³/mol. The molecule has 8 atom stereocenters. The minimum atomic E-state index is -4.47. The maximum atomic E-state index is 14.4. The largest absolute Gasteiger partial charge is 0.410 e. The van der Waals surface area contributed by atoms with Gasteiger partial charge in [-0.2, -0.15) is 13.2 Å². The summed E-state index contributed by atoms with van der Waals surface area (Å²) in [5, 5.41) is 6.46. The van der Waals surface area contributed by atoms with E-state index in [1.807, 2.05) is 4.90 Å². The van der Waals surface area contributed by atoms with E-state index >= 15 is 0 Å². The molecule has 5 unspecified atom stereocenters. The predicted octanol–water partition coefficient (Wildman–Crippen LogP) is 3.01. The lowest BCUT2D eigenvalue weighted by Crippen LogP contribution is -2.63. The van der Waals surface area contributed by atoms with Crippen LogP contribution in [0, 0.1) is 11.8 Å². The first kappa shape index (κ1) is 25.7. The quantitative estimate of drug-likeness (QED) is 0.595. The monoisotopic (exact) mass is 490 g/mol. The molecule has 2 N–H and O–H groups in total. The van der Waals surface area contributed by atoms with Crippen molar-refractivity contribution in [2.45, 2.75) is 108 Å². The molecule has 6 nitrogen and oxygen atoms in total. The highest BCUT2D eigenvalue weighted by Crippen LogP contribution is 2.39. The zero-order valence-electron chi connectivity index (χ0n) is 20.1.